The normalized spacial score (nSPS) is 15.5. The van der Waals surface area contributed by atoms with Crippen molar-refractivity contribution in [3.63, 3.8) is 0 Å². The lowest BCUT2D eigenvalue weighted by molar-refractivity contribution is 0.406. The highest BCUT2D eigenvalue weighted by Crippen LogP contribution is 2.36. The van der Waals surface area contributed by atoms with Gasteiger partial charge in [0.15, 0.2) is 0 Å². The summed E-state index contributed by atoms with van der Waals surface area (Å²) < 4.78 is 5.44. The van der Waals surface area contributed by atoms with E-state index in [0.29, 0.717) is 0 Å². The van der Waals surface area contributed by atoms with Crippen LogP contribution in [-0.2, 0) is 18.6 Å². The number of nitrogens with two attached hydrogens (primary N) is 1. The first-order chi connectivity index (χ1) is 10.3. The number of rotatable bonds is 5. The fourth-order valence-electron chi connectivity index (χ4n) is 2.68. The van der Waals surface area contributed by atoms with E-state index in [9.17, 15) is 0 Å². The summed E-state index contributed by atoms with van der Waals surface area (Å²) in [7, 11) is 1.71. The summed E-state index contributed by atoms with van der Waals surface area (Å²) in [5, 5.41) is 0. The quantitative estimate of drug-likeness (QED) is 0.655. The molecule has 5 heteroatoms. The number of ether oxygens (including phenoxy) is 1. The summed E-state index contributed by atoms with van der Waals surface area (Å²) in [6, 6.07) is 10.6. The van der Waals surface area contributed by atoms with E-state index in [-0.39, 0.29) is 6.04 Å². The standard InChI is InChI=1S/C16H20N2OS2/c1-19-14-5-3-2-4-11(14)8-13(18-17)16-9-12-10-20-7-6-15(12)21-16/h2-5,9,13,18H,6-8,10,17H2,1H3. The van der Waals surface area contributed by atoms with Crippen LogP contribution in [0.1, 0.15) is 26.9 Å². The lowest BCUT2D eigenvalue weighted by Gasteiger charge is -2.16. The molecule has 1 aliphatic rings. The minimum Gasteiger partial charge on any atom is -0.496 e. The van der Waals surface area contributed by atoms with Gasteiger partial charge in [0.1, 0.15) is 5.75 Å². The number of benzene rings is 1. The highest BCUT2D eigenvalue weighted by Gasteiger charge is 2.20. The molecular weight excluding hydrogens is 300 g/mol. The van der Waals surface area contributed by atoms with Gasteiger partial charge in [-0.3, -0.25) is 11.3 Å². The van der Waals surface area contributed by atoms with Crippen LogP contribution in [-0.4, -0.2) is 12.9 Å². The van der Waals surface area contributed by atoms with Gasteiger partial charge in [-0.15, -0.1) is 11.3 Å². The molecule has 1 aromatic carbocycles. The molecule has 112 valence electrons. The Kier molecular flexibility index (Phi) is 4.85. The van der Waals surface area contributed by atoms with Crippen LogP contribution in [0.25, 0.3) is 0 Å². The third-order valence-electron chi connectivity index (χ3n) is 3.81. The maximum absolute atomic E-state index is 5.81. The second-order valence-electron chi connectivity index (χ2n) is 5.13. The van der Waals surface area contributed by atoms with Crippen LogP contribution in [0.2, 0.25) is 0 Å². The molecule has 21 heavy (non-hydrogen) atoms. The number of fused-ring (bicyclic) bond motifs is 1. The summed E-state index contributed by atoms with van der Waals surface area (Å²) in [6.07, 6.45) is 2.03. The van der Waals surface area contributed by atoms with Gasteiger partial charge in [0.25, 0.3) is 0 Å². The molecule has 1 aromatic heterocycles. The van der Waals surface area contributed by atoms with E-state index >= 15 is 0 Å². The summed E-state index contributed by atoms with van der Waals surface area (Å²) in [5.74, 6) is 9.11. The fourth-order valence-corrected chi connectivity index (χ4v) is 5.11. The van der Waals surface area contributed by atoms with Crippen molar-refractivity contribution in [3.05, 3.63) is 51.2 Å². The topological polar surface area (TPSA) is 47.3 Å². The Labute approximate surface area is 133 Å². The first kappa shape index (κ1) is 14.9. The lowest BCUT2D eigenvalue weighted by Crippen LogP contribution is -2.29. The zero-order valence-corrected chi connectivity index (χ0v) is 13.7. The molecule has 2 aromatic rings. The number of hydrazine groups is 1. The minimum atomic E-state index is 0.141. The predicted molar refractivity (Wildman–Crippen MR) is 90.9 cm³/mol. The highest BCUT2D eigenvalue weighted by atomic mass is 32.2. The summed E-state index contributed by atoms with van der Waals surface area (Å²) in [5.41, 5.74) is 5.65. The summed E-state index contributed by atoms with van der Waals surface area (Å²) >= 11 is 3.92. The van der Waals surface area contributed by atoms with Crippen LogP contribution in [0.3, 0.4) is 0 Å². The Morgan fingerprint density at radius 1 is 1.38 bits per heavy atom. The molecule has 0 spiro atoms. The van der Waals surface area contributed by atoms with Crippen LogP contribution < -0.4 is 16.0 Å². The second kappa shape index (κ2) is 6.83. The molecule has 3 N–H and O–H groups in total. The van der Waals surface area contributed by atoms with Crippen LogP contribution in [0.5, 0.6) is 5.75 Å². The van der Waals surface area contributed by atoms with Gasteiger partial charge in [0.05, 0.1) is 13.2 Å². The monoisotopic (exact) mass is 320 g/mol. The zero-order chi connectivity index (χ0) is 14.7. The lowest BCUT2D eigenvalue weighted by atomic mass is 10.0. The first-order valence-corrected chi connectivity index (χ1v) is 9.06. The number of thioether (sulfide) groups is 1. The largest absolute Gasteiger partial charge is 0.496 e. The maximum Gasteiger partial charge on any atom is 0.122 e. The Morgan fingerprint density at radius 2 is 2.24 bits per heavy atom. The van der Waals surface area contributed by atoms with Gasteiger partial charge in [0, 0.05) is 15.5 Å². The van der Waals surface area contributed by atoms with Crippen molar-refractivity contribution < 1.29 is 4.74 Å². The van der Waals surface area contributed by atoms with Gasteiger partial charge in [0.2, 0.25) is 0 Å². The Hall–Kier alpha value is -1.01. The molecule has 0 radical (unpaired) electrons. The van der Waals surface area contributed by atoms with Gasteiger partial charge in [-0.25, -0.2) is 0 Å². The third kappa shape index (κ3) is 3.26. The van der Waals surface area contributed by atoms with Crippen molar-refractivity contribution >= 4 is 23.1 Å². The van der Waals surface area contributed by atoms with Gasteiger partial charge in [-0.2, -0.15) is 11.8 Å². The van der Waals surface area contributed by atoms with Crippen LogP contribution in [0.4, 0.5) is 0 Å². The minimum absolute atomic E-state index is 0.141. The van der Waals surface area contributed by atoms with Crippen molar-refractivity contribution in [2.24, 2.45) is 5.84 Å². The Balaban J connectivity index is 1.83. The summed E-state index contributed by atoms with van der Waals surface area (Å²) in [4.78, 5) is 2.86. The molecule has 1 unspecified atom stereocenters. The predicted octanol–water partition coefficient (Wildman–Crippen LogP) is 3.29. The average molecular weight is 320 g/mol. The van der Waals surface area contributed by atoms with Crippen molar-refractivity contribution in [1.82, 2.24) is 5.43 Å². The van der Waals surface area contributed by atoms with Gasteiger partial charge < -0.3 is 4.74 Å². The molecule has 0 bridgehead atoms. The van der Waals surface area contributed by atoms with Gasteiger partial charge >= 0.3 is 0 Å². The SMILES string of the molecule is COc1ccccc1CC(NN)c1cc2c(s1)CCSC2. The number of aryl methyl sites for hydroxylation is 1. The smallest absolute Gasteiger partial charge is 0.122 e. The molecule has 2 heterocycles. The van der Waals surface area contributed by atoms with Gasteiger partial charge in [-0.1, -0.05) is 18.2 Å². The van der Waals surface area contributed by atoms with E-state index in [1.54, 1.807) is 7.11 Å². The Morgan fingerprint density at radius 3 is 3.00 bits per heavy atom. The van der Waals surface area contributed by atoms with Crippen molar-refractivity contribution in [2.75, 3.05) is 12.9 Å². The number of para-hydroxylation sites is 1. The maximum atomic E-state index is 5.81. The molecule has 0 aliphatic carbocycles. The van der Waals surface area contributed by atoms with E-state index in [1.165, 1.54) is 33.1 Å². The van der Waals surface area contributed by atoms with Crippen molar-refractivity contribution in [2.45, 2.75) is 24.6 Å². The molecule has 1 aliphatic heterocycles. The molecule has 3 nitrogen and oxygen atoms in total. The van der Waals surface area contributed by atoms with E-state index < -0.39 is 0 Å². The molecule has 0 saturated carbocycles. The first-order valence-electron chi connectivity index (χ1n) is 7.09. The van der Waals surface area contributed by atoms with Crippen molar-refractivity contribution in [3.8, 4) is 5.75 Å². The van der Waals surface area contributed by atoms with E-state index in [0.717, 1.165) is 17.9 Å². The molecule has 0 fully saturated rings. The zero-order valence-electron chi connectivity index (χ0n) is 12.1. The molecular formula is C16H20N2OS2. The van der Waals surface area contributed by atoms with Crippen LogP contribution in [0.15, 0.2) is 30.3 Å². The summed E-state index contributed by atoms with van der Waals surface area (Å²) in [6.45, 7) is 0. The number of thiophene rings is 1. The number of methoxy groups -OCH3 is 1. The fraction of sp³-hybridized carbons (Fsp3) is 0.375. The Bertz CT molecular complexity index is 589. The highest BCUT2D eigenvalue weighted by molar-refractivity contribution is 7.98. The van der Waals surface area contributed by atoms with E-state index in [2.05, 4.69) is 17.6 Å². The van der Waals surface area contributed by atoms with E-state index in [1.807, 2.05) is 41.3 Å². The molecule has 3 rings (SSSR count). The van der Waals surface area contributed by atoms with Gasteiger partial charge in [-0.05, 0) is 41.9 Å². The van der Waals surface area contributed by atoms with Crippen molar-refractivity contribution in [1.29, 1.82) is 0 Å². The molecule has 0 saturated heterocycles. The van der Waals surface area contributed by atoms with Crippen LogP contribution >= 0.6 is 23.1 Å². The second-order valence-corrected chi connectivity index (χ2v) is 7.41. The number of hydrogen-bond donors (Lipinski definition) is 2. The number of nitrogens with one attached hydrogen (secondary N) is 1. The average Bonchev–Trinajstić information content (AvgIpc) is 2.96. The molecule has 1 atom stereocenters. The number of hydrogen-bond acceptors (Lipinski definition) is 5. The molecule has 0 amide bonds. The van der Waals surface area contributed by atoms with Crippen LogP contribution in [0, 0.1) is 0 Å². The third-order valence-corrected chi connectivity index (χ3v) is 6.17. The van der Waals surface area contributed by atoms with E-state index in [4.69, 9.17) is 10.6 Å².